The maximum absolute atomic E-state index is 5.77. The third-order valence-corrected chi connectivity index (χ3v) is 1.99. The highest BCUT2D eigenvalue weighted by Crippen LogP contribution is 2.30. The molecule has 1 aromatic rings. The number of benzene rings is 1. The molecule has 0 aromatic heterocycles. The summed E-state index contributed by atoms with van der Waals surface area (Å²) < 4.78 is 5.37. The molecular formula is C9H12ClNO. The van der Waals surface area contributed by atoms with Crippen LogP contribution in [0.15, 0.2) is 18.2 Å². The van der Waals surface area contributed by atoms with E-state index in [-0.39, 0.29) is 18.4 Å². The van der Waals surface area contributed by atoms with Crippen LogP contribution in [0.2, 0.25) is 0 Å². The minimum Gasteiger partial charge on any atom is -0.491 e. The van der Waals surface area contributed by atoms with Crippen molar-refractivity contribution in [3.63, 3.8) is 0 Å². The van der Waals surface area contributed by atoms with Crippen molar-refractivity contribution in [2.24, 2.45) is 5.73 Å². The van der Waals surface area contributed by atoms with Gasteiger partial charge in [-0.1, -0.05) is 12.1 Å². The zero-order chi connectivity index (χ0) is 7.84. The Morgan fingerprint density at radius 1 is 1.50 bits per heavy atom. The second-order valence-electron chi connectivity index (χ2n) is 2.96. The van der Waals surface area contributed by atoms with E-state index in [1.165, 1.54) is 5.56 Å². The lowest BCUT2D eigenvalue weighted by atomic mass is 10.1. The quantitative estimate of drug-likeness (QED) is 0.669. The highest BCUT2D eigenvalue weighted by Gasteiger charge is 2.19. The highest BCUT2D eigenvalue weighted by molar-refractivity contribution is 5.85. The van der Waals surface area contributed by atoms with Gasteiger partial charge in [-0.2, -0.15) is 0 Å². The summed E-state index contributed by atoms with van der Waals surface area (Å²) >= 11 is 0. The molecule has 0 unspecified atom stereocenters. The Morgan fingerprint density at radius 2 is 2.25 bits per heavy atom. The van der Waals surface area contributed by atoms with E-state index >= 15 is 0 Å². The maximum Gasteiger partial charge on any atom is 0.124 e. The van der Waals surface area contributed by atoms with Gasteiger partial charge in [0, 0.05) is 5.56 Å². The number of fused-ring (bicyclic) bond motifs is 1. The van der Waals surface area contributed by atoms with Crippen molar-refractivity contribution in [3.8, 4) is 5.75 Å². The predicted octanol–water partition coefficient (Wildman–Crippen LogP) is 1.81. The maximum atomic E-state index is 5.77. The molecule has 66 valence electrons. The van der Waals surface area contributed by atoms with Crippen molar-refractivity contribution in [1.82, 2.24) is 0 Å². The number of aryl methyl sites for hydroxylation is 1. The third kappa shape index (κ3) is 1.40. The van der Waals surface area contributed by atoms with E-state index in [0.717, 1.165) is 11.3 Å². The van der Waals surface area contributed by atoms with E-state index < -0.39 is 0 Å². The summed E-state index contributed by atoms with van der Waals surface area (Å²) in [7, 11) is 0. The number of ether oxygens (including phenoxy) is 1. The summed E-state index contributed by atoms with van der Waals surface area (Å²) in [6.07, 6.45) is 0. The third-order valence-electron chi connectivity index (χ3n) is 1.99. The van der Waals surface area contributed by atoms with Gasteiger partial charge in [0.15, 0.2) is 0 Å². The molecule has 2 N–H and O–H groups in total. The van der Waals surface area contributed by atoms with Gasteiger partial charge < -0.3 is 10.5 Å². The van der Waals surface area contributed by atoms with E-state index in [1.54, 1.807) is 0 Å². The van der Waals surface area contributed by atoms with Gasteiger partial charge >= 0.3 is 0 Å². The molecule has 1 atom stereocenters. The van der Waals surface area contributed by atoms with Crippen molar-refractivity contribution in [1.29, 1.82) is 0 Å². The summed E-state index contributed by atoms with van der Waals surface area (Å²) in [4.78, 5) is 0. The molecule has 0 radical (unpaired) electrons. The number of hydrogen-bond donors (Lipinski definition) is 1. The van der Waals surface area contributed by atoms with Crippen LogP contribution in [0.4, 0.5) is 0 Å². The average Bonchev–Trinajstić information content (AvgIpc) is 2.32. The number of rotatable bonds is 0. The highest BCUT2D eigenvalue weighted by atomic mass is 35.5. The minimum atomic E-state index is 0. The lowest BCUT2D eigenvalue weighted by Crippen LogP contribution is -2.10. The van der Waals surface area contributed by atoms with Crippen molar-refractivity contribution >= 4 is 12.4 Å². The second-order valence-corrected chi connectivity index (χ2v) is 2.96. The van der Waals surface area contributed by atoms with E-state index in [9.17, 15) is 0 Å². The van der Waals surface area contributed by atoms with Gasteiger partial charge in [-0.25, -0.2) is 0 Å². The average molecular weight is 186 g/mol. The fourth-order valence-corrected chi connectivity index (χ4v) is 1.34. The Morgan fingerprint density at radius 3 is 3.00 bits per heavy atom. The summed E-state index contributed by atoms with van der Waals surface area (Å²) in [6, 6.07) is 6.21. The molecular weight excluding hydrogens is 174 g/mol. The van der Waals surface area contributed by atoms with Crippen LogP contribution in [0.5, 0.6) is 5.75 Å². The molecule has 0 amide bonds. The first kappa shape index (κ1) is 9.36. The summed E-state index contributed by atoms with van der Waals surface area (Å²) in [6.45, 7) is 2.67. The van der Waals surface area contributed by atoms with Gasteiger partial charge in [-0.3, -0.25) is 0 Å². The summed E-state index contributed by atoms with van der Waals surface area (Å²) in [5.74, 6) is 0.956. The number of nitrogens with two attached hydrogens (primary N) is 1. The first-order valence-corrected chi connectivity index (χ1v) is 3.76. The van der Waals surface area contributed by atoms with Crippen LogP contribution in [0.1, 0.15) is 17.2 Å². The molecule has 0 saturated heterocycles. The first-order valence-electron chi connectivity index (χ1n) is 3.76. The monoisotopic (exact) mass is 185 g/mol. The number of hydrogen-bond acceptors (Lipinski definition) is 2. The lowest BCUT2D eigenvalue weighted by Gasteiger charge is -1.99. The SMILES string of the molecule is Cc1ccc2c(c1)OC[C@@H]2N.Cl. The van der Waals surface area contributed by atoms with Crippen LogP contribution < -0.4 is 10.5 Å². The van der Waals surface area contributed by atoms with Crippen molar-refractivity contribution in [2.45, 2.75) is 13.0 Å². The molecule has 0 bridgehead atoms. The molecule has 0 fully saturated rings. The lowest BCUT2D eigenvalue weighted by molar-refractivity contribution is 0.333. The molecule has 0 saturated carbocycles. The van der Waals surface area contributed by atoms with Crippen molar-refractivity contribution in [3.05, 3.63) is 29.3 Å². The minimum absolute atomic E-state index is 0. The fraction of sp³-hybridized carbons (Fsp3) is 0.333. The molecule has 0 aliphatic carbocycles. The van der Waals surface area contributed by atoms with Gasteiger partial charge in [0.2, 0.25) is 0 Å². The molecule has 1 aliphatic rings. The summed E-state index contributed by atoms with van der Waals surface area (Å²) in [5, 5.41) is 0. The van der Waals surface area contributed by atoms with Crippen LogP contribution in [-0.2, 0) is 0 Å². The van der Waals surface area contributed by atoms with Crippen LogP contribution in [-0.4, -0.2) is 6.61 Å². The van der Waals surface area contributed by atoms with Crippen molar-refractivity contribution < 1.29 is 4.74 Å². The fourth-order valence-electron chi connectivity index (χ4n) is 1.34. The molecule has 1 aromatic carbocycles. The van der Waals surface area contributed by atoms with Gasteiger partial charge in [0.1, 0.15) is 12.4 Å². The van der Waals surface area contributed by atoms with E-state index in [2.05, 4.69) is 6.07 Å². The van der Waals surface area contributed by atoms with Gasteiger partial charge in [-0.05, 0) is 18.6 Å². The number of halogens is 1. The molecule has 2 rings (SSSR count). The Labute approximate surface area is 78.1 Å². The summed E-state index contributed by atoms with van der Waals surface area (Å²) in [5.41, 5.74) is 8.13. The van der Waals surface area contributed by atoms with Crippen LogP contribution in [0.3, 0.4) is 0 Å². The molecule has 0 spiro atoms. The zero-order valence-electron chi connectivity index (χ0n) is 6.91. The van der Waals surface area contributed by atoms with Crippen LogP contribution >= 0.6 is 12.4 Å². The predicted molar refractivity (Wildman–Crippen MR) is 50.9 cm³/mol. The van der Waals surface area contributed by atoms with Crippen molar-refractivity contribution in [2.75, 3.05) is 6.61 Å². The molecule has 3 heteroatoms. The first-order chi connectivity index (χ1) is 5.27. The van der Waals surface area contributed by atoms with E-state index in [1.807, 2.05) is 19.1 Å². The second kappa shape index (κ2) is 3.33. The normalized spacial score (nSPS) is 19.3. The Kier molecular flexibility index (Phi) is 2.60. The van der Waals surface area contributed by atoms with Crippen LogP contribution in [0.25, 0.3) is 0 Å². The van der Waals surface area contributed by atoms with Gasteiger partial charge in [-0.15, -0.1) is 12.4 Å². The molecule has 1 heterocycles. The van der Waals surface area contributed by atoms with Crippen LogP contribution in [0, 0.1) is 6.92 Å². The van der Waals surface area contributed by atoms with E-state index in [4.69, 9.17) is 10.5 Å². The molecule has 12 heavy (non-hydrogen) atoms. The molecule has 1 aliphatic heterocycles. The van der Waals surface area contributed by atoms with Gasteiger partial charge in [0.25, 0.3) is 0 Å². The Hall–Kier alpha value is -0.730. The standard InChI is InChI=1S/C9H11NO.ClH/c1-6-2-3-7-8(10)5-11-9(7)4-6;/h2-4,8H,5,10H2,1H3;1H/t8-;/m0./s1. The Balaban J connectivity index is 0.000000720. The van der Waals surface area contributed by atoms with Gasteiger partial charge in [0.05, 0.1) is 6.04 Å². The largest absolute Gasteiger partial charge is 0.491 e. The molecule has 2 nitrogen and oxygen atoms in total. The topological polar surface area (TPSA) is 35.2 Å². The Bertz CT molecular complexity index is 288. The zero-order valence-corrected chi connectivity index (χ0v) is 7.73. The van der Waals surface area contributed by atoms with E-state index in [0.29, 0.717) is 6.61 Å². The smallest absolute Gasteiger partial charge is 0.124 e.